The van der Waals surface area contributed by atoms with Crippen molar-refractivity contribution in [1.82, 2.24) is 5.32 Å². The first-order valence-corrected chi connectivity index (χ1v) is 5.95. The van der Waals surface area contributed by atoms with Gasteiger partial charge >= 0.3 is 0 Å². The van der Waals surface area contributed by atoms with Crippen LogP contribution in [0.5, 0.6) is 0 Å². The highest BCUT2D eigenvalue weighted by atomic mass is 16.5. The van der Waals surface area contributed by atoms with Crippen LogP contribution in [0.15, 0.2) is 0 Å². The van der Waals surface area contributed by atoms with E-state index in [4.69, 9.17) is 4.74 Å². The lowest BCUT2D eigenvalue weighted by atomic mass is 9.67. The van der Waals surface area contributed by atoms with Gasteiger partial charge in [0.15, 0.2) is 0 Å². The molecule has 0 aliphatic heterocycles. The van der Waals surface area contributed by atoms with Crippen LogP contribution in [0.3, 0.4) is 0 Å². The van der Waals surface area contributed by atoms with Gasteiger partial charge in [-0.1, -0.05) is 13.3 Å². The first-order chi connectivity index (χ1) is 6.72. The quantitative estimate of drug-likeness (QED) is 0.680. The largest absolute Gasteiger partial charge is 0.385 e. The van der Waals surface area contributed by atoms with Crippen LogP contribution in [0, 0.1) is 5.41 Å². The Bertz CT molecular complexity index is 149. The van der Waals surface area contributed by atoms with Gasteiger partial charge in [-0.05, 0) is 38.0 Å². The smallest absolute Gasteiger partial charge is 0.0476 e. The Hall–Kier alpha value is -0.0800. The minimum atomic E-state index is 0.596. The van der Waals surface area contributed by atoms with Crippen LogP contribution in [-0.4, -0.2) is 26.3 Å². The normalized spacial score (nSPS) is 21.6. The van der Waals surface area contributed by atoms with Crippen molar-refractivity contribution in [3.05, 3.63) is 0 Å². The summed E-state index contributed by atoms with van der Waals surface area (Å²) in [6.07, 6.45) is 6.73. The number of hydrogen-bond donors (Lipinski definition) is 1. The molecule has 0 aromatic heterocycles. The maximum atomic E-state index is 5.07. The maximum Gasteiger partial charge on any atom is 0.0476 e. The van der Waals surface area contributed by atoms with Crippen molar-refractivity contribution in [1.29, 1.82) is 0 Å². The molecular formula is C12H25NO. The van der Waals surface area contributed by atoms with Gasteiger partial charge in [0, 0.05) is 26.3 Å². The molecule has 14 heavy (non-hydrogen) atoms. The lowest BCUT2D eigenvalue weighted by molar-refractivity contribution is 0.115. The van der Waals surface area contributed by atoms with E-state index in [2.05, 4.69) is 19.2 Å². The zero-order chi connectivity index (χ0) is 10.4. The molecule has 0 saturated heterocycles. The molecule has 2 nitrogen and oxygen atoms in total. The third kappa shape index (κ3) is 3.25. The molecule has 1 saturated carbocycles. The molecule has 1 unspecified atom stereocenters. The molecule has 1 atom stereocenters. The highest BCUT2D eigenvalue weighted by molar-refractivity contribution is 4.88. The average Bonchev–Trinajstić information content (AvgIpc) is 2.14. The van der Waals surface area contributed by atoms with E-state index in [1.54, 1.807) is 7.11 Å². The van der Waals surface area contributed by atoms with Gasteiger partial charge in [-0.25, -0.2) is 0 Å². The van der Waals surface area contributed by atoms with Crippen LogP contribution in [-0.2, 0) is 4.74 Å². The summed E-state index contributed by atoms with van der Waals surface area (Å²) in [5.74, 6) is 0. The van der Waals surface area contributed by atoms with Gasteiger partial charge in [0.05, 0.1) is 0 Å². The van der Waals surface area contributed by atoms with Gasteiger partial charge in [-0.3, -0.25) is 0 Å². The van der Waals surface area contributed by atoms with E-state index in [9.17, 15) is 0 Å². The second-order valence-corrected chi connectivity index (χ2v) is 4.77. The van der Waals surface area contributed by atoms with Crippen LogP contribution >= 0.6 is 0 Å². The van der Waals surface area contributed by atoms with E-state index in [0.29, 0.717) is 11.5 Å². The lowest BCUT2D eigenvalue weighted by Crippen LogP contribution is -2.42. The highest BCUT2D eigenvalue weighted by Crippen LogP contribution is 2.43. The minimum Gasteiger partial charge on any atom is -0.385 e. The molecule has 0 bridgehead atoms. The van der Waals surface area contributed by atoms with E-state index in [1.165, 1.54) is 32.2 Å². The molecule has 0 aromatic carbocycles. The van der Waals surface area contributed by atoms with Gasteiger partial charge in [0.25, 0.3) is 0 Å². The van der Waals surface area contributed by atoms with Crippen LogP contribution < -0.4 is 5.32 Å². The summed E-state index contributed by atoms with van der Waals surface area (Å²) >= 11 is 0. The zero-order valence-corrected chi connectivity index (χ0v) is 9.94. The number of hydrogen-bond acceptors (Lipinski definition) is 2. The van der Waals surface area contributed by atoms with Gasteiger partial charge < -0.3 is 10.1 Å². The average molecular weight is 199 g/mol. The third-order valence-corrected chi connectivity index (χ3v) is 3.74. The molecular weight excluding hydrogens is 174 g/mol. The summed E-state index contributed by atoms with van der Waals surface area (Å²) in [5.41, 5.74) is 0.640. The molecule has 1 rings (SSSR count). The van der Waals surface area contributed by atoms with E-state index in [0.717, 1.165) is 13.0 Å². The molecule has 1 N–H and O–H groups in total. The maximum absolute atomic E-state index is 5.07. The minimum absolute atomic E-state index is 0.596. The Balaban J connectivity index is 2.12. The van der Waals surface area contributed by atoms with Crippen molar-refractivity contribution in [2.24, 2.45) is 5.41 Å². The summed E-state index contributed by atoms with van der Waals surface area (Å²) in [5, 5.41) is 3.63. The molecule has 1 aliphatic carbocycles. The van der Waals surface area contributed by atoms with Crippen molar-refractivity contribution in [2.75, 3.05) is 20.3 Å². The van der Waals surface area contributed by atoms with Crippen molar-refractivity contribution >= 4 is 0 Å². The molecule has 0 radical (unpaired) electrons. The Kier molecular flexibility index (Phi) is 4.90. The number of rotatable bonds is 7. The van der Waals surface area contributed by atoms with E-state index in [1.807, 2.05) is 0 Å². The zero-order valence-electron chi connectivity index (χ0n) is 9.94. The van der Waals surface area contributed by atoms with Gasteiger partial charge in [-0.2, -0.15) is 0 Å². The Morgan fingerprint density at radius 1 is 1.43 bits per heavy atom. The predicted octanol–water partition coefficient (Wildman–Crippen LogP) is 2.58. The molecule has 0 heterocycles. The Morgan fingerprint density at radius 2 is 2.14 bits per heavy atom. The fraction of sp³-hybridized carbons (Fsp3) is 1.00. The Labute approximate surface area is 88.4 Å². The highest BCUT2D eigenvalue weighted by Gasteiger charge is 2.34. The molecule has 1 aliphatic rings. The molecule has 0 amide bonds. The van der Waals surface area contributed by atoms with Gasteiger partial charge in [0.2, 0.25) is 0 Å². The fourth-order valence-electron chi connectivity index (χ4n) is 2.12. The van der Waals surface area contributed by atoms with Gasteiger partial charge in [-0.15, -0.1) is 0 Å². The van der Waals surface area contributed by atoms with Crippen molar-refractivity contribution in [3.8, 4) is 0 Å². The third-order valence-electron chi connectivity index (χ3n) is 3.74. The molecule has 0 spiro atoms. The predicted molar refractivity (Wildman–Crippen MR) is 60.5 cm³/mol. The van der Waals surface area contributed by atoms with Crippen LogP contribution in [0.2, 0.25) is 0 Å². The van der Waals surface area contributed by atoms with Crippen LogP contribution in [0.1, 0.15) is 46.0 Å². The second-order valence-electron chi connectivity index (χ2n) is 4.77. The van der Waals surface area contributed by atoms with Crippen molar-refractivity contribution < 1.29 is 4.74 Å². The molecule has 84 valence electrons. The lowest BCUT2D eigenvalue weighted by Gasteiger charge is -2.42. The summed E-state index contributed by atoms with van der Waals surface area (Å²) in [6.45, 7) is 6.64. The topological polar surface area (TPSA) is 21.3 Å². The number of nitrogens with one attached hydrogen (secondary N) is 1. The van der Waals surface area contributed by atoms with Crippen molar-refractivity contribution in [2.45, 2.75) is 52.0 Å². The van der Waals surface area contributed by atoms with E-state index < -0.39 is 0 Å². The monoisotopic (exact) mass is 199 g/mol. The first-order valence-electron chi connectivity index (χ1n) is 5.95. The van der Waals surface area contributed by atoms with Crippen LogP contribution in [0.25, 0.3) is 0 Å². The van der Waals surface area contributed by atoms with Gasteiger partial charge in [0.1, 0.15) is 0 Å². The fourth-order valence-corrected chi connectivity index (χ4v) is 2.12. The SMILES string of the molecule is CCC1(CNC(C)CCOC)CCC1. The van der Waals surface area contributed by atoms with E-state index >= 15 is 0 Å². The second kappa shape index (κ2) is 5.72. The summed E-state index contributed by atoms with van der Waals surface area (Å²) < 4.78 is 5.07. The Morgan fingerprint density at radius 3 is 2.57 bits per heavy atom. The first kappa shape index (κ1) is 12.0. The van der Waals surface area contributed by atoms with E-state index in [-0.39, 0.29) is 0 Å². The molecule has 2 heteroatoms. The molecule has 0 aromatic rings. The summed E-state index contributed by atoms with van der Waals surface area (Å²) in [4.78, 5) is 0. The number of ether oxygens (including phenoxy) is 1. The standard InChI is InChI=1S/C12H25NO/c1-4-12(7-5-8-12)10-13-11(2)6-9-14-3/h11,13H,4-10H2,1-3H3. The number of methoxy groups -OCH3 is 1. The summed E-state index contributed by atoms with van der Waals surface area (Å²) in [6, 6.07) is 0.596. The molecule has 1 fully saturated rings. The van der Waals surface area contributed by atoms with Crippen molar-refractivity contribution in [3.63, 3.8) is 0 Å². The van der Waals surface area contributed by atoms with Crippen LogP contribution in [0.4, 0.5) is 0 Å². The summed E-state index contributed by atoms with van der Waals surface area (Å²) in [7, 11) is 1.77.